The zero-order chi connectivity index (χ0) is 22.7. The first-order valence-corrected chi connectivity index (χ1v) is 11.5. The van der Waals surface area contributed by atoms with Crippen LogP contribution in [0.2, 0.25) is 0 Å². The molecule has 6 rings (SSSR count). The molecule has 0 N–H and O–H groups in total. The summed E-state index contributed by atoms with van der Waals surface area (Å²) >= 11 is 0. The Bertz CT molecular complexity index is 1410. The molecule has 7 heteroatoms. The van der Waals surface area contributed by atoms with Crippen molar-refractivity contribution >= 4 is 11.5 Å². The second-order valence-corrected chi connectivity index (χ2v) is 8.29. The van der Waals surface area contributed by atoms with Crippen molar-refractivity contribution in [3.05, 3.63) is 96.6 Å². The molecule has 1 fully saturated rings. The van der Waals surface area contributed by atoms with Gasteiger partial charge in [0.25, 0.3) is 0 Å². The van der Waals surface area contributed by atoms with E-state index in [-0.39, 0.29) is 0 Å². The maximum Gasteiger partial charge on any atom is 0.158 e. The zero-order valence-corrected chi connectivity index (χ0v) is 18.7. The first kappa shape index (κ1) is 20.5. The van der Waals surface area contributed by atoms with Crippen molar-refractivity contribution in [3.8, 4) is 22.5 Å². The summed E-state index contributed by atoms with van der Waals surface area (Å²) < 4.78 is 7.55. The zero-order valence-electron chi connectivity index (χ0n) is 18.7. The van der Waals surface area contributed by atoms with Crippen LogP contribution in [0.3, 0.4) is 0 Å². The van der Waals surface area contributed by atoms with Crippen LogP contribution in [0.4, 0.5) is 5.82 Å². The van der Waals surface area contributed by atoms with Gasteiger partial charge in [0.1, 0.15) is 5.82 Å². The van der Waals surface area contributed by atoms with Crippen LogP contribution in [0.15, 0.2) is 85.3 Å². The van der Waals surface area contributed by atoms with Gasteiger partial charge in [-0.05, 0) is 29.8 Å². The van der Waals surface area contributed by atoms with Crippen LogP contribution in [0, 0.1) is 0 Å². The molecule has 168 valence electrons. The normalized spacial score (nSPS) is 13.9. The molecule has 1 aliphatic rings. The number of rotatable bonds is 5. The molecule has 0 saturated carbocycles. The third-order valence-corrected chi connectivity index (χ3v) is 6.10. The SMILES string of the molecule is c1ccc(Cc2ncccc2-c2cc(N3CCOCC3)n3nc(-c4ccncc4)cc3n2)cc1. The Hall–Kier alpha value is -4.10. The van der Waals surface area contributed by atoms with Crippen molar-refractivity contribution in [2.24, 2.45) is 0 Å². The number of aromatic nitrogens is 5. The molecule has 0 radical (unpaired) electrons. The summed E-state index contributed by atoms with van der Waals surface area (Å²) in [6.07, 6.45) is 6.17. The van der Waals surface area contributed by atoms with Gasteiger partial charge in [-0.15, -0.1) is 0 Å². The summed E-state index contributed by atoms with van der Waals surface area (Å²) in [6.45, 7) is 3.02. The molecule has 0 bridgehead atoms. The number of morpholine rings is 1. The van der Waals surface area contributed by atoms with E-state index < -0.39 is 0 Å². The van der Waals surface area contributed by atoms with E-state index in [1.54, 1.807) is 12.4 Å². The van der Waals surface area contributed by atoms with Crippen molar-refractivity contribution in [2.45, 2.75) is 6.42 Å². The fraction of sp³-hybridized carbons (Fsp3) is 0.185. The number of fused-ring (bicyclic) bond motifs is 1. The second-order valence-electron chi connectivity index (χ2n) is 8.29. The largest absolute Gasteiger partial charge is 0.378 e. The van der Waals surface area contributed by atoms with E-state index in [1.165, 1.54) is 5.56 Å². The monoisotopic (exact) mass is 448 g/mol. The van der Waals surface area contributed by atoms with E-state index in [4.69, 9.17) is 19.8 Å². The maximum absolute atomic E-state index is 5.60. The lowest BCUT2D eigenvalue weighted by molar-refractivity contribution is 0.122. The predicted molar refractivity (Wildman–Crippen MR) is 132 cm³/mol. The van der Waals surface area contributed by atoms with E-state index in [0.29, 0.717) is 13.2 Å². The van der Waals surface area contributed by atoms with Crippen molar-refractivity contribution in [1.29, 1.82) is 0 Å². The van der Waals surface area contributed by atoms with Gasteiger partial charge in [0.15, 0.2) is 5.65 Å². The van der Waals surface area contributed by atoms with Gasteiger partial charge in [-0.3, -0.25) is 9.97 Å². The molecule has 0 unspecified atom stereocenters. The van der Waals surface area contributed by atoms with E-state index >= 15 is 0 Å². The van der Waals surface area contributed by atoms with Crippen LogP contribution in [0.25, 0.3) is 28.2 Å². The van der Waals surface area contributed by atoms with Gasteiger partial charge in [0.2, 0.25) is 0 Å². The van der Waals surface area contributed by atoms with E-state index in [9.17, 15) is 0 Å². The molecular weight excluding hydrogens is 424 g/mol. The molecular formula is C27H24N6O. The number of benzene rings is 1. The molecule has 1 aliphatic heterocycles. The van der Waals surface area contributed by atoms with Gasteiger partial charge in [-0.25, -0.2) is 4.98 Å². The average Bonchev–Trinajstić information content (AvgIpc) is 3.34. The van der Waals surface area contributed by atoms with Crippen molar-refractivity contribution in [1.82, 2.24) is 24.6 Å². The quantitative estimate of drug-likeness (QED) is 0.400. The average molecular weight is 449 g/mol. The number of pyridine rings is 2. The van der Waals surface area contributed by atoms with Crippen LogP contribution in [-0.2, 0) is 11.2 Å². The summed E-state index contributed by atoms with van der Waals surface area (Å²) in [5.74, 6) is 1.01. The molecule has 4 aromatic heterocycles. The number of ether oxygens (including phenoxy) is 1. The highest BCUT2D eigenvalue weighted by Gasteiger charge is 2.20. The van der Waals surface area contributed by atoms with Crippen LogP contribution < -0.4 is 4.90 Å². The summed E-state index contributed by atoms with van der Waals surface area (Å²) in [4.78, 5) is 16.2. The lowest BCUT2D eigenvalue weighted by Crippen LogP contribution is -2.37. The van der Waals surface area contributed by atoms with E-state index in [0.717, 1.165) is 59.2 Å². The molecule has 34 heavy (non-hydrogen) atoms. The Balaban J connectivity index is 1.49. The summed E-state index contributed by atoms with van der Waals surface area (Å²) in [5, 5.41) is 4.91. The van der Waals surface area contributed by atoms with Gasteiger partial charge in [-0.1, -0.05) is 30.3 Å². The van der Waals surface area contributed by atoms with Crippen LogP contribution in [0.1, 0.15) is 11.3 Å². The number of nitrogens with zero attached hydrogens (tertiary/aromatic N) is 6. The van der Waals surface area contributed by atoms with Crippen LogP contribution in [-0.4, -0.2) is 50.9 Å². The minimum atomic E-state index is 0.698. The minimum Gasteiger partial charge on any atom is -0.378 e. The van der Waals surface area contributed by atoms with Crippen molar-refractivity contribution in [3.63, 3.8) is 0 Å². The molecule has 5 aromatic rings. The van der Waals surface area contributed by atoms with E-state index in [1.807, 2.05) is 41.0 Å². The molecule has 0 amide bonds. The summed E-state index contributed by atoms with van der Waals surface area (Å²) in [5.41, 5.74) is 6.86. The number of hydrogen-bond acceptors (Lipinski definition) is 6. The van der Waals surface area contributed by atoms with E-state index in [2.05, 4.69) is 46.3 Å². The Morgan fingerprint density at radius 1 is 0.824 bits per heavy atom. The van der Waals surface area contributed by atoms with Gasteiger partial charge >= 0.3 is 0 Å². The van der Waals surface area contributed by atoms with Crippen molar-refractivity contribution in [2.75, 3.05) is 31.2 Å². The van der Waals surface area contributed by atoms with Crippen molar-refractivity contribution < 1.29 is 4.74 Å². The molecule has 0 aliphatic carbocycles. The third kappa shape index (κ3) is 4.02. The van der Waals surface area contributed by atoms with Crippen LogP contribution >= 0.6 is 0 Å². The first-order chi connectivity index (χ1) is 16.8. The number of anilines is 1. The van der Waals surface area contributed by atoms with Gasteiger partial charge < -0.3 is 9.64 Å². The maximum atomic E-state index is 5.60. The standard InChI is InChI=1S/C27H24N6O/c1-2-5-20(6-3-1)17-24-22(7-4-10-29-24)25-19-27(32-13-15-34-16-14-32)33-26(30-25)18-23(31-33)21-8-11-28-12-9-21/h1-12,18-19H,13-17H2. The molecule has 1 aromatic carbocycles. The summed E-state index contributed by atoms with van der Waals surface area (Å²) in [7, 11) is 0. The first-order valence-electron chi connectivity index (χ1n) is 11.5. The van der Waals surface area contributed by atoms with Gasteiger partial charge in [0, 0.05) is 61.4 Å². The molecule has 5 heterocycles. The van der Waals surface area contributed by atoms with Gasteiger partial charge in [-0.2, -0.15) is 9.61 Å². The number of hydrogen-bond donors (Lipinski definition) is 0. The summed E-state index contributed by atoms with van der Waals surface area (Å²) in [6, 6.07) is 22.6. The minimum absolute atomic E-state index is 0.698. The highest BCUT2D eigenvalue weighted by molar-refractivity contribution is 5.72. The smallest absolute Gasteiger partial charge is 0.158 e. The highest BCUT2D eigenvalue weighted by Crippen LogP contribution is 2.30. The third-order valence-electron chi connectivity index (χ3n) is 6.10. The lowest BCUT2D eigenvalue weighted by atomic mass is 10.0. The highest BCUT2D eigenvalue weighted by atomic mass is 16.5. The fourth-order valence-electron chi connectivity index (χ4n) is 4.38. The second kappa shape index (κ2) is 9.03. The molecule has 7 nitrogen and oxygen atoms in total. The Labute approximate surface area is 197 Å². The Morgan fingerprint density at radius 3 is 2.47 bits per heavy atom. The topological polar surface area (TPSA) is 68.4 Å². The molecule has 0 atom stereocenters. The lowest BCUT2D eigenvalue weighted by Gasteiger charge is -2.29. The Kier molecular flexibility index (Phi) is 5.45. The fourth-order valence-corrected chi connectivity index (χ4v) is 4.38. The van der Waals surface area contributed by atoms with Gasteiger partial charge in [0.05, 0.1) is 30.3 Å². The Morgan fingerprint density at radius 2 is 1.65 bits per heavy atom. The molecule has 0 spiro atoms. The predicted octanol–water partition coefficient (Wildman–Crippen LogP) is 4.28. The van der Waals surface area contributed by atoms with Crippen LogP contribution in [0.5, 0.6) is 0 Å². The molecule has 1 saturated heterocycles.